The van der Waals surface area contributed by atoms with Crippen LogP contribution in [0.3, 0.4) is 0 Å². The number of carbonyl (C=O) groups excluding carboxylic acids is 1. The third-order valence-corrected chi connectivity index (χ3v) is 3.97. The molecule has 1 aromatic carbocycles. The smallest absolute Gasteiger partial charge is 0.273 e. The van der Waals surface area contributed by atoms with Crippen LogP contribution in [0.1, 0.15) is 10.4 Å². The highest BCUT2D eigenvalue weighted by Crippen LogP contribution is 2.25. The van der Waals surface area contributed by atoms with Crippen LogP contribution in [0.2, 0.25) is 0 Å². The van der Waals surface area contributed by atoms with Crippen LogP contribution >= 0.6 is 15.9 Å². The monoisotopic (exact) mass is 429 g/mol. The number of anilines is 4. The predicted octanol–water partition coefficient (Wildman–Crippen LogP) is 2.73. The molecule has 3 rings (SSSR count). The zero-order valence-electron chi connectivity index (χ0n) is 14.2. The summed E-state index contributed by atoms with van der Waals surface area (Å²) < 4.78 is 6.03. The summed E-state index contributed by atoms with van der Waals surface area (Å²) in [5.41, 5.74) is 11.9. The second-order valence-electron chi connectivity index (χ2n) is 5.25. The number of benzene rings is 1. The van der Waals surface area contributed by atoms with Gasteiger partial charge in [-0.15, -0.1) is 0 Å². The fourth-order valence-electron chi connectivity index (χ4n) is 2.18. The number of hydrogen-bond donors (Lipinski definition) is 4. The van der Waals surface area contributed by atoms with E-state index >= 15 is 0 Å². The Kier molecular flexibility index (Phi) is 5.67. The Morgan fingerprint density at radius 3 is 2.63 bits per heavy atom. The third kappa shape index (κ3) is 4.42. The van der Waals surface area contributed by atoms with Gasteiger partial charge in [-0.25, -0.2) is 15.0 Å². The van der Waals surface area contributed by atoms with Gasteiger partial charge in [-0.05, 0) is 40.2 Å². The van der Waals surface area contributed by atoms with Crippen molar-refractivity contribution in [3.63, 3.8) is 0 Å². The average Bonchev–Trinajstić information content (AvgIpc) is 2.70. The minimum absolute atomic E-state index is 0.225. The van der Waals surface area contributed by atoms with E-state index in [1.165, 1.54) is 13.4 Å². The highest BCUT2D eigenvalue weighted by atomic mass is 79.9. The molecule has 0 fully saturated rings. The van der Waals surface area contributed by atoms with E-state index in [9.17, 15) is 4.79 Å². The van der Waals surface area contributed by atoms with Crippen LogP contribution in [0.4, 0.5) is 23.1 Å². The van der Waals surface area contributed by atoms with E-state index < -0.39 is 5.91 Å². The Morgan fingerprint density at radius 1 is 1.11 bits per heavy atom. The summed E-state index contributed by atoms with van der Waals surface area (Å²) in [6.07, 6.45) is 2.96. The number of nitrogen functional groups attached to an aromatic ring is 1. The number of para-hydroxylation sites is 1. The van der Waals surface area contributed by atoms with E-state index in [0.29, 0.717) is 22.9 Å². The van der Waals surface area contributed by atoms with E-state index in [2.05, 4.69) is 47.1 Å². The van der Waals surface area contributed by atoms with Crippen molar-refractivity contribution in [2.45, 2.75) is 0 Å². The van der Waals surface area contributed by atoms with E-state index in [1.807, 2.05) is 6.07 Å². The van der Waals surface area contributed by atoms with Gasteiger partial charge in [0, 0.05) is 10.7 Å². The maximum atomic E-state index is 12.3. The first-order valence-electron chi connectivity index (χ1n) is 7.77. The number of nitrogens with two attached hydrogens (primary N) is 1. The van der Waals surface area contributed by atoms with Crippen LogP contribution in [0.5, 0.6) is 5.75 Å². The number of carbonyl (C=O) groups is 1. The number of rotatable bonds is 6. The van der Waals surface area contributed by atoms with Crippen molar-refractivity contribution in [3.05, 3.63) is 59.0 Å². The maximum Gasteiger partial charge on any atom is 0.273 e. The lowest BCUT2D eigenvalue weighted by atomic mass is 10.2. The number of pyridine rings is 1. The number of amides is 1. The molecule has 0 spiro atoms. The number of hydrogen-bond acceptors (Lipinski definition) is 8. The molecule has 0 bridgehead atoms. The van der Waals surface area contributed by atoms with E-state index in [-0.39, 0.29) is 11.5 Å². The van der Waals surface area contributed by atoms with E-state index in [4.69, 9.17) is 10.5 Å². The Hall–Kier alpha value is -3.40. The summed E-state index contributed by atoms with van der Waals surface area (Å²) in [6.45, 7) is 0. The van der Waals surface area contributed by atoms with Crippen molar-refractivity contribution in [2.24, 2.45) is 0 Å². The zero-order valence-corrected chi connectivity index (χ0v) is 15.8. The first kappa shape index (κ1) is 18.4. The molecule has 1 amide bonds. The highest BCUT2D eigenvalue weighted by molar-refractivity contribution is 9.10. The van der Waals surface area contributed by atoms with Gasteiger partial charge in [0.1, 0.15) is 23.6 Å². The van der Waals surface area contributed by atoms with Gasteiger partial charge >= 0.3 is 0 Å². The van der Waals surface area contributed by atoms with Gasteiger partial charge in [0.2, 0.25) is 0 Å². The molecule has 0 aliphatic heterocycles. The number of methoxy groups -OCH3 is 1. The zero-order chi connectivity index (χ0) is 19.2. The molecule has 2 aromatic heterocycles. The van der Waals surface area contributed by atoms with Crippen molar-refractivity contribution in [2.75, 3.05) is 23.6 Å². The molecule has 0 atom stereocenters. The SMILES string of the molecule is COc1ccccc1C(=O)NNc1ncnc(Nc2ccc(Br)cn2)c1N. The first-order valence-corrected chi connectivity index (χ1v) is 8.56. The van der Waals surface area contributed by atoms with Crippen LogP contribution in [0.25, 0.3) is 0 Å². The first-order chi connectivity index (χ1) is 13.1. The molecule has 5 N–H and O–H groups in total. The van der Waals surface area contributed by atoms with Crippen LogP contribution in [0, 0.1) is 0 Å². The van der Waals surface area contributed by atoms with Gasteiger partial charge in [-0.2, -0.15) is 0 Å². The van der Waals surface area contributed by atoms with Crippen molar-refractivity contribution in [1.29, 1.82) is 0 Å². The minimum Gasteiger partial charge on any atom is -0.496 e. The molecule has 138 valence electrons. The standard InChI is InChI=1S/C17H16BrN7O2/c1-27-12-5-3-2-4-11(12)17(26)25-24-16-14(19)15(21-9-22-16)23-13-7-6-10(18)8-20-13/h2-9H,19H2,1H3,(H,25,26)(H2,20,21,22,23,24). The molecule has 2 heterocycles. The average molecular weight is 430 g/mol. The van der Waals surface area contributed by atoms with Crippen molar-refractivity contribution in [3.8, 4) is 5.75 Å². The lowest BCUT2D eigenvalue weighted by molar-refractivity contribution is 0.0959. The summed E-state index contributed by atoms with van der Waals surface area (Å²) in [5, 5.41) is 3.00. The molecule has 0 radical (unpaired) electrons. The van der Waals surface area contributed by atoms with E-state index in [1.54, 1.807) is 36.5 Å². The molecular weight excluding hydrogens is 414 g/mol. The highest BCUT2D eigenvalue weighted by Gasteiger charge is 2.13. The van der Waals surface area contributed by atoms with Gasteiger partial charge in [0.05, 0.1) is 12.7 Å². The molecule has 3 aromatic rings. The van der Waals surface area contributed by atoms with Crippen molar-refractivity contribution >= 4 is 45.0 Å². The van der Waals surface area contributed by atoms with E-state index in [0.717, 1.165) is 4.47 Å². The quantitative estimate of drug-likeness (QED) is 0.440. The fourth-order valence-corrected chi connectivity index (χ4v) is 2.42. The molecule has 27 heavy (non-hydrogen) atoms. The number of aromatic nitrogens is 3. The van der Waals surface area contributed by atoms with Gasteiger partial charge in [0.25, 0.3) is 5.91 Å². The molecule has 0 unspecified atom stereocenters. The van der Waals surface area contributed by atoms with Gasteiger partial charge in [-0.1, -0.05) is 12.1 Å². The van der Waals surface area contributed by atoms with Crippen LogP contribution in [-0.2, 0) is 0 Å². The third-order valence-electron chi connectivity index (χ3n) is 3.50. The molecule has 0 saturated carbocycles. The largest absolute Gasteiger partial charge is 0.496 e. The predicted molar refractivity (Wildman–Crippen MR) is 106 cm³/mol. The minimum atomic E-state index is -0.394. The molecule has 9 nitrogen and oxygen atoms in total. The fraction of sp³-hybridized carbons (Fsp3) is 0.0588. The Balaban J connectivity index is 1.72. The van der Waals surface area contributed by atoms with Gasteiger partial charge in [-0.3, -0.25) is 15.6 Å². The van der Waals surface area contributed by atoms with Crippen LogP contribution in [-0.4, -0.2) is 28.0 Å². The second-order valence-corrected chi connectivity index (χ2v) is 6.17. The number of ether oxygens (including phenoxy) is 1. The molecular formula is C17H16BrN7O2. The summed E-state index contributed by atoms with van der Waals surface area (Å²) in [7, 11) is 1.50. The van der Waals surface area contributed by atoms with Crippen molar-refractivity contribution in [1.82, 2.24) is 20.4 Å². The molecule has 10 heteroatoms. The van der Waals surface area contributed by atoms with Gasteiger partial charge in [0.15, 0.2) is 11.6 Å². The van der Waals surface area contributed by atoms with Crippen LogP contribution < -0.4 is 26.6 Å². The number of nitrogens with zero attached hydrogens (tertiary/aromatic N) is 3. The van der Waals surface area contributed by atoms with Crippen LogP contribution in [0.15, 0.2) is 53.4 Å². The summed E-state index contributed by atoms with van der Waals surface area (Å²) >= 11 is 3.32. The lowest BCUT2D eigenvalue weighted by Crippen LogP contribution is -2.30. The Labute approximate surface area is 163 Å². The Bertz CT molecular complexity index is 950. The molecule has 0 saturated heterocycles. The number of hydrazine groups is 1. The lowest BCUT2D eigenvalue weighted by Gasteiger charge is -2.13. The summed E-state index contributed by atoms with van der Waals surface area (Å²) in [6, 6.07) is 10.5. The number of nitrogens with one attached hydrogen (secondary N) is 3. The number of halogens is 1. The normalized spacial score (nSPS) is 10.1. The summed E-state index contributed by atoms with van der Waals surface area (Å²) in [5.74, 6) is 1.22. The van der Waals surface area contributed by atoms with Crippen molar-refractivity contribution < 1.29 is 9.53 Å². The topological polar surface area (TPSA) is 127 Å². The second kappa shape index (κ2) is 8.32. The Morgan fingerprint density at radius 2 is 1.89 bits per heavy atom. The summed E-state index contributed by atoms with van der Waals surface area (Å²) in [4.78, 5) is 24.7. The van der Waals surface area contributed by atoms with Gasteiger partial charge < -0.3 is 15.8 Å². The molecule has 0 aliphatic rings. The maximum absolute atomic E-state index is 12.3. The molecule has 0 aliphatic carbocycles.